The highest BCUT2D eigenvalue weighted by Gasteiger charge is 2.26. The van der Waals surface area contributed by atoms with Crippen molar-refractivity contribution in [1.29, 1.82) is 0 Å². The molecule has 3 rings (SSSR count). The van der Waals surface area contributed by atoms with E-state index >= 15 is 0 Å². The van der Waals surface area contributed by atoms with E-state index in [9.17, 15) is 5.11 Å². The fourth-order valence-corrected chi connectivity index (χ4v) is 2.47. The van der Waals surface area contributed by atoms with Crippen LogP contribution in [0.3, 0.4) is 0 Å². The van der Waals surface area contributed by atoms with Gasteiger partial charge < -0.3 is 14.4 Å². The van der Waals surface area contributed by atoms with Gasteiger partial charge in [-0.3, -0.25) is 4.90 Å². The molecule has 7 heteroatoms. The van der Waals surface area contributed by atoms with Gasteiger partial charge in [-0.2, -0.15) is 4.98 Å². The minimum Gasteiger partial charge on any atom is -0.507 e. The van der Waals surface area contributed by atoms with Crippen LogP contribution in [0.2, 0.25) is 5.02 Å². The molecule has 1 aliphatic rings. The summed E-state index contributed by atoms with van der Waals surface area (Å²) in [6.07, 6.45) is -0.211. The van der Waals surface area contributed by atoms with Crippen LogP contribution in [0.5, 0.6) is 5.75 Å². The van der Waals surface area contributed by atoms with Crippen molar-refractivity contribution in [2.45, 2.75) is 13.0 Å². The summed E-state index contributed by atoms with van der Waals surface area (Å²) in [6, 6.07) is 4.69. The largest absolute Gasteiger partial charge is 0.507 e. The van der Waals surface area contributed by atoms with E-state index in [1.807, 2.05) is 0 Å². The van der Waals surface area contributed by atoms with Crippen molar-refractivity contribution in [2.75, 3.05) is 26.2 Å². The van der Waals surface area contributed by atoms with Gasteiger partial charge in [0.05, 0.1) is 12.2 Å². The molecule has 0 aliphatic carbocycles. The SMILES string of the molecule is CCN1CCOC(c2noc(-c3cc(Cl)ccc3O)n2)C1. The number of phenolic OH excluding ortho intramolecular Hbond substituents is 1. The van der Waals surface area contributed by atoms with Gasteiger partial charge in [-0.15, -0.1) is 0 Å². The quantitative estimate of drug-likeness (QED) is 0.939. The number of hydrogen-bond donors (Lipinski definition) is 1. The first-order chi connectivity index (χ1) is 10.2. The lowest BCUT2D eigenvalue weighted by Gasteiger charge is -2.30. The molecule has 1 unspecified atom stereocenters. The predicted octanol–water partition coefficient (Wildman–Crippen LogP) is 2.49. The highest BCUT2D eigenvalue weighted by Crippen LogP contribution is 2.31. The van der Waals surface area contributed by atoms with Crippen molar-refractivity contribution in [3.05, 3.63) is 29.0 Å². The van der Waals surface area contributed by atoms with Crippen molar-refractivity contribution in [1.82, 2.24) is 15.0 Å². The molecule has 21 heavy (non-hydrogen) atoms. The Morgan fingerprint density at radius 1 is 1.48 bits per heavy atom. The van der Waals surface area contributed by atoms with E-state index in [1.54, 1.807) is 12.1 Å². The Balaban J connectivity index is 1.84. The molecule has 6 nitrogen and oxygen atoms in total. The maximum absolute atomic E-state index is 9.86. The Hall–Kier alpha value is -1.63. The molecule has 1 aromatic carbocycles. The standard InChI is InChI=1S/C14H16ClN3O3/c1-2-18-5-6-20-12(8-18)13-16-14(21-17-13)10-7-9(15)3-4-11(10)19/h3-4,7,12,19H,2,5-6,8H2,1H3. The number of morpholine rings is 1. The normalized spacial score (nSPS) is 19.8. The molecule has 1 aromatic heterocycles. The number of halogens is 1. The summed E-state index contributed by atoms with van der Waals surface area (Å²) in [5, 5.41) is 14.3. The van der Waals surface area contributed by atoms with Crippen molar-refractivity contribution < 1.29 is 14.4 Å². The minimum absolute atomic E-state index is 0.0503. The maximum atomic E-state index is 9.86. The van der Waals surface area contributed by atoms with Crippen molar-refractivity contribution >= 4 is 11.6 Å². The fraction of sp³-hybridized carbons (Fsp3) is 0.429. The molecule has 2 aromatic rings. The van der Waals surface area contributed by atoms with Crippen LogP contribution in [-0.2, 0) is 4.74 Å². The molecule has 1 N–H and O–H groups in total. The second kappa shape index (κ2) is 6.01. The summed E-state index contributed by atoms with van der Waals surface area (Å²) in [5.41, 5.74) is 0.421. The third-order valence-corrected chi connectivity index (χ3v) is 3.75. The van der Waals surface area contributed by atoms with Crippen molar-refractivity contribution in [2.24, 2.45) is 0 Å². The average Bonchev–Trinajstić information content (AvgIpc) is 2.99. The zero-order valence-electron chi connectivity index (χ0n) is 11.6. The molecule has 112 valence electrons. The molecular weight excluding hydrogens is 294 g/mol. The van der Waals surface area contributed by atoms with Gasteiger partial charge in [0.1, 0.15) is 11.9 Å². The first-order valence-corrected chi connectivity index (χ1v) is 7.21. The summed E-state index contributed by atoms with van der Waals surface area (Å²) >= 11 is 5.93. The molecule has 1 fully saturated rings. The zero-order valence-corrected chi connectivity index (χ0v) is 12.4. The number of rotatable bonds is 3. The third-order valence-electron chi connectivity index (χ3n) is 3.52. The number of aromatic hydroxyl groups is 1. The predicted molar refractivity (Wildman–Crippen MR) is 77.2 cm³/mol. The van der Waals surface area contributed by atoms with E-state index in [-0.39, 0.29) is 17.7 Å². The summed E-state index contributed by atoms with van der Waals surface area (Å²) in [7, 11) is 0. The molecular formula is C14H16ClN3O3. The smallest absolute Gasteiger partial charge is 0.261 e. The van der Waals surface area contributed by atoms with Gasteiger partial charge in [0, 0.05) is 18.1 Å². The van der Waals surface area contributed by atoms with Gasteiger partial charge in [-0.25, -0.2) is 0 Å². The van der Waals surface area contributed by atoms with Crippen LogP contribution in [0, 0.1) is 0 Å². The van der Waals surface area contributed by atoms with E-state index in [4.69, 9.17) is 20.9 Å². The zero-order chi connectivity index (χ0) is 14.8. The topological polar surface area (TPSA) is 71.6 Å². The number of nitrogens with zero attached hydrogens (tertiary/aromatic N) is 3. The van der Waals surface area contributed by atoms with Crippen LogP contribution in [0.4, 0.5) is 0 Å². The lowest BCUT2D eigenvalue weighted by Crippen LogP contribution is -2.38. The summed E-state index contributed by atoms with van der Waals surface area (Å²) in [6.45, 7) is 5.35. The Morgan fingerprint density at radius 2 is 2.33 bits per heavy atom. The van der Waals surface area contributed by atoms with E-state index in [1.165, 1.54) is 6.07 Å². The molecule has 0 amide bonds. The Labute approximate surface area is 127 Å². The van der Waals surface area contributed by atoms with E-state index < -0.39 is 0 Å². The second-order valence-corrected chi connectivity index (χ2v) is 5.31. The third kappa shape index (κ3) is 3.02. The summed E-state index contributed by atoms with van der Waals surface area (Å²) in [5.74, 6) is 0.777. The molecule has 0 spiro atoms. The van der Waals surface area contributed by atoms with Gasteiger partial charge in [-0.05, 0) is 24.7 Å². The second-order valence-electron chi connectivity index (χ2n) is 4.87. The summed E-state index contributed by atoms with van der Waals surface area (Å²) in [4.78, 5) is 6.59. The monoisotopic (exact) mass is 309 g/mol. The van der Waals surface area contributed by atoms with Gasteiger partial charge in [0.2, 0.25) is 5.82 Å². The Morgan fingerprint density at radius 3 is 3.14 bits per heavy atom. The van der Waals surface area contributed by atoms with Crippen LogP contribution in [-0.4, -0.2) is 46.4 Å². The molecule has 1 saturated heterocycles. The van der Waals surface area contributed by atoms with E-state index in [2.05, 4.69) is 22.0 Å². The number of benzene rings is 1. The first-order valence-electron chi connectivity index (χ1n) is 6.84. The van der Waals surface area contributed by atoms with Crippen LogP contribution < -0.4 is 0 Å². The van der Waals surface area contributed by atoms with Gasteiger partial charge in [0.15, 0.2) is 0 Å². The number of phenols is 1. The van der Waals surface area contributed by atoms with E-state index in [0.717, 1.165) is 19.6 Å². The molecule has 0 bridgehead atoms. The molecule has 0 saturated carbocycles. The first kappa shape index (κ1) is 14.3. The number of likely N-dealkylation sites (N-methyl/N-ethyl adjacent to an activating group) is 1. The number of hydrogen-bond acceptors (Lipinski definition) is 6. The molecule has 2 heterocycles. The van der Waals surface area contributed by atoms with Gasteiger partial charge in [-0.1, -0.05) is 23.7 Å². The van der Waals surface area contributed by atoms with Crippen molar-refractivity contribution in [3.63, 3.8) is 0 Å². The number of aromatic nitrogens is 2. The lowest BCUT2D eigenvalue weighted by molar-refractivity contribution is -0.0334. The molecule has 0 radical (unpaired) electrons. The van der Waals surface area contributed by atoms with Crippen LogP contribution in [0.1, 0.15) is 18.9 Å². The Bertz CT molecular complexity index is 632. The minimum atomic E-state index is -0.211. The lowest BCUT2D eigenvalue weighted by atomic mass is 10.2. The van der Waals surface area contributed by atoms with Gasteiger partial charge in [0.25, 0.3) is 5.89 Å². The van der Waals surface area contributed by atoms with E-state index in [0.29, 0.717) is 23.0 Å². The highest BCUT2D eigenvalue weighted by atomic mass is 35.5. The van der Waals surface area contributed by atoms with Gasteiger partial charge >= 0.3 is 0 Å². The van der Waals surface area contributed by atoms with Crippen LogP contribution in [0.25, 0.3) is 11.5 Å². The van der Waals surface area contributed by atoms with Crippen LogP contribution in [0.15, 0.2) is 22.7 Å². The average molecular weight is 310 g/mol. The maximum Gasteiger partial charge on any atom is 0.261 e. The highest BCUT2D eigenvalue weighted by molar-refractivity contribution is 6.30. The molecule has 1 aliphatic heterocycles. The van der Waals surface area contributed by atoms with Crippen molar-refractivity contribution in [3.8, 4) is 17.2 Å². The van der Waals surface area contributed by atoms with Crippen LogP contribution >= 0.6 is 11.6 Å². The fourth-order valence-electron chi connectivity index (χ4n) is 2.30. The summed E-state index contributed by atoms with van der Waals surface area (Å²) < 4.78 is 10.9. The number of ether oxygens (including phenoxy) is 1. The molecule has 1 atom stereocenters. The Kier molecular flexibility index (Phi) is 4.10.